The molecule has 0 aromatic heterocycles. The lowest BCUT2D eigenvalue weighted by Crippen LogP contribution is -2.25. The van der Waals surface area contributed by atoms with Crippen molar-refractivity contribution in [2.45, 2.75) is 23.7 Å². The Bertz CT molecular complexity index is 396. The maximum Gasteiger partial charge on any atom is 0.288 e. The SMILES string of the molecule is CCOCCOCC(O)CNc1ccccc1SC(F)F. The molecule has 0 radical (unpaired) electrons. The first-order chi connectivity index (χ1) is 10.1. The number of aliphatic hydroxyl groups excluding tert-OH is 1. The Morgan fingerprint density at radius 1 is 1.24 bits per heavy atom. The number of hydrogen-bond acceptors (Lipinski definition) is 5. The highest BCUT2D eigenvalue weighted by Gasteiger charge is 2.10. The largest absolute Gasteiger partial charge is 0.389 e. The highest BCUT2D eigenvalue weighted by atomic mass is 32.2. The van der Waals surface area contributed by atoms with Crippen molar-refractivity contribution in [2.75, 3.05) is 38.3 Å². The van der Waals surface area contributed by atoms with Gasteiger partial charge in [0.2, 0.25) is 0 Å². The molecule has 0 heterocycles. The summed E-state index contributed by atoms with van der Waals surface area (Å²) in [6, 6.07) is 6.77. The van der Waals surface area contributed by atoms with Crippen molar-refractivity contribution in [3.05, 3.63) is 24.3 Å². The number of thioether (sulfide) groups is 1. The van der Waals surface area contributed by atoms with Crippen LogP contribution in [0.25, 0.3) is 0 Å². The van der Waals surface area contributed by atoms with Gasteiger partial charge in [-0.3, -0.25) is 0 Å². The number of alkyl halides is 2. The van der Waals surface area contributed by atoms with E-state index in [1.807, 2.05) is 6.92 Å². The zero-order valence-corrected chi connectivity index (χ0v) is 12.7. The molecule has 7 heteroatoms. The molecule has 0 amide bonds. The third kappa shape index (κ3) is 8.21. The van der Waals surface area contributed by atoms with Crippen molar-refractivity contribution < 1.29 is 23.4 Å². The average molecular weight is 321 g/mol. The van der Waals surface area contributed by atoms with Crippen molar-refractivity contribution in [1.29, 1.82) is 0 Å². The van der Waals surface area contributed by atoms with Gasteiger partial charge in [0, 0.05) is 23.7 Å². The van der Waals surface area contributed by atoms with E-state index in [0.717, 1.165) is 0 Å². The Morgan fingerprint density at radius 2 is 1.95 bits per heavy atom. The highest BCUT2D eigenvalue weighted by molar-refractivity contribution is 7.99. The third-order valence-electron chi connectivity index (χ3n) is 2.52. The molecule has 1 atom stereocenters. The van der Waals surface area contributed by atoms with Gasteiger partial charge >= 0.3 is 0 Å². The fraction of sp³-hybridized carbons (Fsp3) is 0.571. The first-order valence-electron chi connectivity index (χ1n) is 6.74. The number of hydrogen-bond donors (Lipinski definition) is 2. The Labute approximate surface area is 127 Å². The van der Waals surface area contributed by atoms with E-state index in [2.05, 4.69) is 5.32 Å². The van der Waals surface area contributed by atoms with E-state index in [0.29, 0.717) is 42.2 Å². The number of benzene rings is 1. The van der Waals surface area contributed by atoms with Crippen molar-refractivity contribution in [1.82, 2.24) is 0 Å². The second-order valence-electron chi connectivity index (χ2n) is 4.18. The fourth-order valence-electron chi connectivity index (χ4n) is 1.58. The Kier molecular flexibility index (Phi) is 9.32. The Hall–Kier alpha value is -0.890. The molecule has 1 aromatic rings. The minimum Gasteiger partial charge on any atom is -0.389 e. The fourth-order valence-corrected chi connectivity index (χ4v) is 2.20. The topological polar surface area (TPSA) is 50.7 Å². The molecule has 0 aliphatic heterocycles. The summed E-state index contributed by atoms with van der Waals surface area (Å²) in [6.45, 7) is 3.84. The van der Waals surface area contributed by atoms with Crippen molar-refractivity contribution in [2.24, 2.45) is 0 Å². The zero-order valence-electron chi connectivity index (χ0n) is 11.9. The van der Waals surface area contributed by atoms with Gasteiger partial charge in [-0.1, -0.05) is 23.9 Å². The normalized spacial score (nSPS) is 12.6. The van der Waals surface area contributed by atoms with E-state index < -0.39 is 11.9 Å². The van der Waals surface area contributed by atoms with Gasteiger partial charge in [0.15, 0.2) is 0 Å². The average Bonchev–Trinajstić information content (AvgIpc) is 2.45. The van der Waals surface area contributed by atoms with E-state index in [-0.39, 0.29) is 13.2 Å². The Balaban J connectivity index is 2.30. The van der Waals surface area contributed by atoms with Gasteiger partial charge < -0.3 is 19.9 Å². The molecule has 2 N–H and O–H groups in total. The van der Waals surface area contributed by atoms with Crippen LogP contribution < -0.4 is 5.32 Å². The molecule has 0 spiro atoms. The lowest BCUT2D eigenvalue weighted by Gasteiger charge is -2.15. The standard InChI is InChI=1S/C14H21F2NO3S/c1-2-19-7-8-20-10-11(18)9-17-12-5-3-4-6-13(12)21-14(15)16/h3-6,11,14,17-18H,2,7-10H2,1H3. The lowest BCUT2D eigenvalue weighted by molar-refractivity contribution is 0.0103. The van der Waals surface area contributed by atoms with Gasteiger partial charge in [-0.2, -0.15) is 8.78 Å². The molecular formula is C14H21F2NO3S. The van der Waals surface area contributed by atoms with Crippen LogP contribution in [0.5, 0.6) is 0 Å². The Morgan fingerprint density at radius 3 is 2.67 bits per heavy atom. The minimum atomic E-state index is -2.47. The molecule has 1 unspecified atom stereocenters. The van der Waals surface area contributed by atoms with Crippen LogP contribution in [-0.4, -0.2) is 49.9 Å². The van der Waals surface area contributed by atoms with Crippen LogP contribution in [0, 0.1) is 0 Å². The zero-order chi connectivity index (χ0) is 15.5. The van der Waals surface area contributed by atoms with Gasteiger partial charge in [0.25, 0.3) is 5.76 Å². The van der Waals surface area contributed by atoms with Crippen LogP contribution in [0.3, 0.4) is 0 Å². The maximum atomic E-state index is 12.4. The van der Waals surface area contributed by atoms with Crippen LogP contribution in [0.2, 0.25) is 0 Å². The molecule has 0 saturated heterocycles. The van der Waals surface area contributed by atoms with Gasteiger partial charge in [0.1, 0.15) is 0 Å². The summed E-state index contributed by atoms with van der Waals surface area (Å²) in [5.41, 5.74) is 0.580. The second kappa shape index (κ2) is 10.8. The number of halogens is 2. The number of ether oxygens (including phenoxy) is 2. The quantitative estimate of drug-likeness (QED) is 0.485. The number of rotatable bonds is 11. The number of nitrogens with one attached hydrogen (secondary N) is 1. The number of aliphatic hydroxyl groups is 1. The molecule has 1 rings (SSSR count). The highest BCUT2D eigenvalue weighted by Crippen LogP contribution is 2.31. The predicted octanol–water partition coefficient (Wildman–Crippen LogP) is 2.83. The molecule has 120 valence electrons. The van der Waals surface area contributed by atoms with E-state index in [9.17, 15) is 13.9 Å². The van der Waals surface area contributed by atoms with Gasteiger partial charge in [-0.05, 0) is 19.1 Å². The molecule has 21 heavy (non-hydrogen) atoms. The summed E-state index contributed by atoms with van der Waals surface area (Å²) in [5.74, 6) is -2.47. The summed E-state index contributed by atoms with van der Waals surface area (Å²) < 4.78 is 35.2. The van der Waals surface area contributed by atoms with Crippen molar-refractivity contribution in [3.8, 4) is 0 Å². The first-order valence-corrected chi connectivity index (χ1v) is 7.62. The van der Waals surface area contributed by atoms with E-state index in [1.54, 1.807) is 24.3 Å². The second-order valence-corrected chi connectivity index (χ2v) is 5.21. The molecule has 0 aliphatic carbocycles. The van der Waals surface area contributed by atoms with Crippen LogP contribution in [-0.2, 0) is 9.47 Å². The summed E-state index contributed by atoms with van der Waals surface area (Å²) in [6.07, 6.45) is -0.712. The van der Waals surface area contributed by atoms with Gasteiger partial charge in [-0.15, -0.1) is 0 Å². The summed E-state index contributed by atoms with van der Waals surface area (Å²) >= 11 is 0.478. The van der Waals surface area contributed by atoms with Crippen LogP contribution in [0.15, 0.2) is 29.2 Å². The molecule has 1 aromatic carbocycles. The predicted molar refractivity (Wildman–Crippen MR) is 80.1 cm³/mol. The monoisotopic (exact) mass is 321 g/mol. The third-order valence-corrected chi connectivity index (χ3v) is 3.31. The maximum absolute atomic E-state index is 12.4. The molecular weight excluding hydrogens is 300 g/mol. The summed E-state index contributed by atoms with van der Waals surface area (Å²) in [5, 5.41) is 12.7. The van der Waals surface area contributed by atoms with E-state index in [4.69, 9.17) is 9.47 Å². The van der Waals surface area contributed by atoms with Crippen molar-refractivity contribution in [3.63, 3.8) is 0 Å². The minimum absolute atomic E-state index is 0.171. The van der Waals surface area contributed by atoms with Gasteiger partial charge in [0.05, 0.1) is 25.9 Å². The van der Waals surface area contributed by atoms with Crippen LogP contribution in [0.4, 0.5) is 14.5 Å². The van der Waals surface area contributed by atoms with Crippen LogP contribution in [0.1, 0.15) is 6.92 Å². The van der Waals surface area contributed by atoms with Crippen molar-refractivity contribution >= 4 is 17.4 Å². The molecule has 0 saturated carbocycles. The summed E-state index contributed by atoms with van der Waals surface area (Å²) in [4.78, 5) is 0.456. The molecule has 0 bridgehead atoms. The first kappa shape index (κ1) is 18.2. The number of anilines is 1. The molecule has 0 aliphatic rings. The number of para-hydroxylation sites is 1. The van der Waals surface area contributed by atoms with Crippen LogP contribution >= 0.6 is 11.8 Å². The molecule has 0 fully saturated rings. The van der Waals surface area contributed by atoms with Gasteiger partial charge in [-0.25, -0.2) is 0 Å². The van der Waals surface area contributed by atoms with E-state index >= 15 is 0 Å². The smallest absolute Gasteiger partial charge is 0.288 e. The summed E-state index contributed by atoms with van der Waals surface area (Å²) in [7, 11) is 0. The van der Waals surface area contributed by atoms with E-state index in [1.165, 1.54) is 0 Å². The molecule has 4 nitrogen and oxygen atoms in total. The lowest BCUT2D eigenvalue weighted by atomic mass is 10.3.